The van der Waals surface area contributed by atoms with Gasteiger partial charge in [0.15, 0.2) is 5.78 Å². The summed E-state index contributed by atoms with van der Waals surface area (Å²) < 4.78 is 1.06. The Morgan fingerprint density at radius 3 is 2.89 bits per heavy atom. The number of Topliss-reactive ketones (excluding diaryl/α,β-unsaturated/α-hetero) is 1. The van der Waals surface area contributed by atoms with Crippen LogP contribution in [0.5, 0.6) is 0 Å². The van der Waals surface area contributed by atoms with Crippen molar-refractivity contribution in [3.05, 3.63) is 68.1 Å². The van der Waals surface area contributed by atoms with Crippen molar-refractivity contribution in [2.45, 2.75) is 32.6 Å². The van der Waals surface area contributed by atoms with E-state index < -0.39 is 0 Å². The second kappa shape index (κ2) is 6.01. The van der Waals surface area contributed by atoms with Gasteiger partial charge in [-0.25, -0.2) is 0 Å². The molecule has 1 N–H and O–H groups in total. The van der Waals surface area contributed by atoms with Gasteiger partial charge in [0, 0.05) is 49.7 Å². The molecule has 1 aliphatic carbocycles. The van der Waals surface area contributed by atoms with Crippen molar-refractivity contribution >= 4 is 49.6 Å². The van der Waals surface area contributed by atoms with Crippen molar-refractivity contribution in [1.29, 1.82) is 0 Å². The van der Waals surface area contributed by atoms with E-state index >= 15 is 0 Å². The number of nitrogens with zero attached hydrogens (tertiary/aromatic N) is 1. The number of carbonyl (C=O) groups excluding carboxylic acids is 1. The Morgan fingerprint density at radius 2 is 2.11 bits per heavy atom. The maximum atomic E-state index is 13.3. The molecule has 2 aromatic heterocycles. The average Bonchev–Trinajstić information content (AvgIpc) is 3.04. The Kier molecular flexibility index (Phi) is 3.82. The second-order valence-electron chi connectivity index (χ2n) is 8.16. The molecule has 0 spiro atoms. The summed E-state index contributed by atoms with van der Waals surface area (Å²) in [5, 5.41) is 6.81. The standard InChI is InChI=1S/C22H19BrN2OS/c1-22(2)9-16-20(17(26)10-22)21(18-8-12(23)11-27-18)19-13-4-3-7-24-14(13)5-6-15(19)25-16/h3-8,11,21,25H,9-10H2,1-2H3. The normalized spacial score (nSPS) is 21.0. The Bertz CT molecular complexity index is 1130. The van der Waals surface area contributed by atoms with E-state index in [0.29, 0.717) is 6.42 Å². The molecule has 2 aliphatic rings. The summed E-state index contributed by atoms with van der Waals surface area (Å²) >= 11 is 5.30. The van der Waals surface area contributed by atoms with Gasteiger partial charge in [0.1, 0.15) is 0 Å². The van der Waals surface area contributed by atoms with Crippen LogP contribution in [0.2, 0.25) is 0 Å². The number of carbonyl (C=O) groups is 1. The number of rotatable bonds is 1. The van der Waals surface area contributed by atoms with Gasteiger partial charge in [-0.05, 0) is 57.6 Å². The molecule has 27 heavy (non-hydrogen) atoms. The number of ketones is 1. The van der Waals surface area contributed by atoms with Gasteiger partial charge in [0.25, 0.3) is 0 Å². The number of hydrogen-bond donors (Lipinski definition) is 1. The molecule has 1 unspecified atom stereocenters. The number of halogens is 1. The lowest BCUT2D eigenvalue weighted by molar-refractivity contribution is -0.118. The lowest BCUT2D eigenvalue weighted by Gasteiger charge is -2.39. The largest absolute Gasteiger partial charge is 0.358 e. The van der Waals surface area contributed by atoms with Crippen LogP contribution in [0, 0.1) is 5.41 Å². The maximum absolute atomic E-state index is 13.3. The highest BCUT2D eigenvalue weighted by molar-refractivity contribution is 9.10. The van der Waals surface area contributed by atoms with Gasteiger partial charge >= 0.3 is 0 Å². The predicted molar refractivity (Wildman–Crippen MR) is 114 cm³/mol. The molecule has 1 aliphatic heterocycles. The predicted octanol–water partition coefficient (Wildman–Crippen LogP) is 6.26. The summed E-state index contributed by atoms with van der Waals surface area (Å²) in [4.78, 5) is 19.0. The third kappa shape index (κ3) is 2.75. The number of nitrogens with one attached hydrogen (secondary N) is 1. The van der Waals surface area contributed by atoms with Gasteiger partial charge < -0.3 is 5.32 Å². The zero-order valence-electron chi connectivity index (χ0n) is 15.2. The van der Waals surface area contributed by atoms with E-state index in [1.807, 2.05) is 12.3 Å². The Balaban J connectivity index is 1.82. The van der Waals surface area contributed by atoms with Gasteiger partial charge in [-0.15, -0.1) is 11.3 Å². The summed E-state index contributed by atoms with van der Waals surface area (Å²) in [5.41, 5.74) is 5.23. The molecule has 0 amide bonds. The summed E-state index contributed by atoms with van der Waals surface area (Å²) in [6.45, 7) is 4.35. The first-order chi connectivity index (χ1) is 12.9. The number of pyridine rings is 1. The van der Waals surface area contributed by atoms with Crippen LogP contribution >= 0.6 is 27.3 Å². The van der Waals surface area contributed by atoms with Crippen molar-refractivity contribution in [2.24, 2.45) is 5.41 Å². The van der Waals surface area contributed by atoms with Gasteiger partial charge in [0.2, 0.25) is 0 Å². The van der Waals surface area contributed by atoms with Gasteiger partial charge in [0.05, 0.1) is 11.4 Å². The van der Waals surface area contributed by atoms with E-state index in [1.165, 1.54) is 10.4 Å². The zero-order valence-corrected chi connectivity index (χ0v) is 17.6. The molecule has 0 saturated carbocycles. The molecule has 3 nitrogen and oxygen atoms in total. The minimum Gasteiger partial charge on any atom is -0.358 e. The summed E-state index contributed by atoms with van der Waals surface area (Å²) in [6.07, 6.45) is 3.30. The van der Waals surface area contributed by atoms with E-state index in [2.05, 4.69) is 69.7 Å². The maximum Gasteiger partial charge on any atom is 0.162 e. The smallest absolute Gasteiger partial charge is 0.162 e. The molecule has 136 valence electrons. The number of allylic oxidation sites excluding steroid dienone is 2. The first kappa shape index (κ1) is 17.1. The zero-order chi connectivity index (χ0) is 18.8. The van der Waals surface area contributed by atoms with Crippen LogP contribution in [-0.4, -0.2) is 10.8 Å². The highest BCUT2D eigenvalue weighted by Crippen LogP contribution is 2.51. The fourth-order valence-electron chi connectivity index (χ4n) is 4.45. The van der Waals surface area contributed by atoms with E-state index in [-0.39, 0.29) is 17.1 Å². The van der Waals surface area contributed by atoms with Gasteiger partial charge in [-0.2, -0.15) is 0 Å². The Labute approximate surface area is 170 Å². The molecule has 1 aromatic carbocycles. The second-order valence-corrected chi connectivity index (χ2v) is 10.0. The van der Waals surface area contributed by atoms with Crippen LogP contribution in [0.25, 0.3) is 10.9 Å². The minimum atomic E-state index is -0.0379. The van der Waals surface area contributed by atoms with Crippen molar-refractivity contribution in [1.82, 2.24) is 4.98 Å². The Morgan fingerprint density at radius 1 is 1.26 bits per heavy atom. The molecular weight excluding hydrogens is 420 g/mol. The first-order valence-corrected chi connectivity index (χ1v) is 10.7. The molecule has 0 radical (unpaired) electrons. The van der Waals surface area contributed by atoms with Gasteiger partial charge in [-0.3, -0.25) is 9.78 Å². The van der Waals surface area contributed by atoms with E-state index in [1.54, 1.807) is 11.3 Å². The number of hydrogen-bond acceptors (Lipinski definition) is 4. The molecule has 3 aromatic rings. The highest BCUT2D eigenvalue weighted by Gasteiger charge is 2.41. The lowest BCUT2D eigenvalue weighted by Crippen LogP contribution is -2.33. The van der Waals surface area contributed by atoms with Crippen LogP contribution in [0.1, 0.15) is 43.0 Å². The Hall–Kier alpha value is -1.98. The summed E-state index contributed by atoms with van der Waals surface area (Å²) in [6, 6.07) is 10.4. The van der Waals surface area contributed by atoms with E-state index in [9.17, 15) is 4.79 Å². The molecule has 1 atom stereocenters. The summed E-state index contributed by atoms with van der Waals surface area (Å²) in [5.74, 6) is 0.221. The van der Waals surface area contributed by atoms with Crippen LogP contribution < -0.4 is 5.32 Å². The molecule has 3 heterocycles. The quantitative estimate of drug-likeness (QED) is 0.487. The average molecular weight is 439 g/mol. The van der Waals surface area contributed by atoms with E-state index in [0.717, 1.165) is 38.8 Å². The molecule has 5 heteroatoms. The molecular formula is C22H19BrN2OS. The third-order valence-electron chi connectivity index (χ3n) is 5.48. The summed E-state index contributed by atoms with van der Waals surface area (Å²) in [7, 11) is 0. The van der Waals surface area contributed by atoms with Crippen molar-refractivity contribution < 1.29 is 4.79 Å². The lowest BCUT2D eigenvalue weighted by atomic mass is 9.69. The van der Waals surface area contributed by atoms with Crippen molar-refractivity contribution in [3.8, 4) is 0 Å². The highest BCUT2D eigenvalue weighted by atomic mass is 79.9. The fraction of sp³-hybridized carbons (Fsp3) is 0.273. The van der Waals surface area contributed by atoms with Gasteiger partial charge in [-0.1, -0.05) is 19.9 Å². The molecule has 5 rings (SSSR count). The number of aromatic nitrogens is 1. The topological polar surface area (TPSA) is 42.0 Å². The first-order valence-electron chi connectivity index (χ1n) is 9.08. The number of anilines is 1. The third-order valence-corrected chi connectivity index (χ3v) is 7.24. The SMILES string of the molecule is CC1(C)CC(=O)C2=C(C1)Nc1ccc3ncccc3c1C2c1cc(Br)cs1. The minimum absolute atomic E-state index is 0.0145. The van der Waals surface area contributed by atoms with Crippen LogP contribution in [0.4, 0.5) is 5.69 Å². The van der Waals surface area contributed by atoms with Crippen LogP contribution in [0.3, 0.4) is 0 Å². The molecule has 0 bridgehead atoms. The van der Waals surface area contributed by atoms with Crippen molar-refractivity contribution in [3.63, 3.8) is 0 Å². The van der Waals surface area contributed by atoms with Crippen LogP contribution in [-0.2, 0) is 4.79 Å². The van der Waals surface area contributed by atoms with Crippen molar-refractivity contribution in [2.75, 3.05) is 5.32 Å². The molecule has 0 saturated heterocycles. The number of fused-ring (bicyclic) bond motifs is 3. The fourth-order valence-corrected chi connectivity index (χ4v) is 6.01. The monoisotopic (exact) mass is 438 g/mol. The number of benzene rings is 1. The van der Waals surface area contributed by atoms with E-state index in [4.69, 9.17) is 0 Å². The van der Waals surface area contributed by atoms with Crippen LogP contribution in [0.15, 0.2) is 57.7 Å². The molecule has 0 fully saturated rings. The number of thiophene rings is 1.